The molecule has 5 rings (SSSR count). The summed E-state index contributed by atoms with van der Waals surface area (Å²) in [6.07, 6.45) is -0.674. The van der Waals surface area contributed by atoms with Gasteiger partial charge in [-0.1, -0.05) is 0 Å². The molecule has 0 unspecified atom stereocenters. The molecule has 1 aromatic heterocycles. The van der Waals surface area contributed by atoms with E-state index >= 15 is 0 Å². The van der Waals surface area contributed by atoms with Gasteiger partial charge in [-0.05, 0) is 86.6 Å². The molecular formula is C26H32F4N4O. The van der Waals surface area contributed by atoms with E-state index in [1.54, 1.807) is 13.8 Å². The molecule has 2 aliphatic heterocycles. The number of hydrogen-bond donors (Lipinski definition) is 1. The number of alkyl halides is 3. The van der Waals surface area contributed by atoms with Crippen LogP contribution in [0.4, 0.5) is 23.4 Å². The van der Waals surface area contributed by atoms with Crippen LogP contribution >= 0.6 is 0 Å². The Balaban J connectivity index is 1.27. The Morgan fingerprint density at radius 1 is 1.00 bits per heavy atom. The first-order chi connectivity index (χ1) is 16.7. The second-order valence-corrected chi connectivity index (χ2v) is 10.5. The van der Waals surface area contributed by atoms with Crippen molar-refractivity contribution in [2.75, 3.05) is 38.2 Å². The molecule has 1 N–H and O–H groups in total. The first-order valence-electron chi connectivity index (χ1n) is 12.5. The molecular weight excluding hydrogens is 460 g/mol. The Morgan fingerprint density at radius 3 is 2.34 bits per heavy atom. The molecule has 3 heterocycles. The molecule has 190 valence electrons. The summed E-state index contributed by atoms with van der Waals surface area (Å²) in [7, 11) is 0. The molecule has 1 aliphatic carbocycles. The molecule has 0 bridgehead atoms. The second-order valence-electron chi connectivity index (χ2n) is 10.5. The van der Waals surface area contributed by atoms with Crippen LogP contribution in [-0.4, -0.2) is 54.0 Å². The summed E-state index contributed by atoms with van der Waals surface area (Å²) in [5.41, 5.74) is 0.586. The number of nitrogens with zero attached hydrogens (tertiary/aromatic N) is 3. The zero-order valence-corrected chi connectivity index (χ0v) is 20.2. The van der Waals surface area contributed by atoms with E-state index in [4.69, 9.17) is 4.74 Å². The topological polar surface area (TPSA) is 50.3 Å². The van der Waals surface area contributed by atoms with Gasteiger partial charge in [0, 0.05) is 44.5 Å². The number of aryl methyl sites for hydroxylation is 2. The number of likely N-dealkylation sites (tertiary alicyclic amines) is 1. The standard InChI is InChI=1S/C26H32F4N4O/c1-15-8-23(27)16(2)7-21(15)24-11-22(26(28,29)30)25(33-32-24)31-20-9-18-13-34(14-19(18)10-20)12-17-3-5-35-6-4-17/h7-8,11,17-20H,3-6,9-10,12-14H2,1-2H3,(H,31,33)/t18-,19-/m1/s1. The summed E-state index contributed by atoms with van der Waals surface area (Å²) in [6.45, 7) is 8.05. The molecule has 0 spiro atoms. The average molecular weight is 493 g/mol. The number of anilines is 1. The van der Waals surface area contributed by atoms with Gasteiger partial charge in [0.05, 0.1) is 5.69 Å². The van der Waals surface area contributed by atoms with Gasteiger partial charge in [-0.2, -0.15) is 13.2 Å². The highest BCUT2D eigenvalue weighted by atomic mass is 19.4. The largest absolute Gasteiger partial charge is 0.420 e. The fraction of sp³-hybridized carbons (Fsp3) is 0.615. The van der Waals surface area contributed by atoms with E-state index in [9.17, 15) is 17.6 Å². The van der Waals surface area contributed by atoms with Gasteiger partial charge in [-0.3, -0.25) is 0 Å². The van der Waals surface area contributed by atoms with Crippen LogP contribution in [0.25, 0.3) is 11.3 Å². The highest BCUT2D eigenvalue weighted by Crippen LogP contribution is 2.42. The van der Waals surface area contributed by atoms with Gasteiger partial charge >= 0.3 is 6.18 Å². The predicted octanol–water partition coefficient (Wildman–Crippen LogP) is 5.47. The molecule has 35 heavy (non-hydrogen) atoms. The summed E-state index contributed by atoms with van der Waals surface area (Å²) >= 11 is 0. The van der Waals surface area contributed by atoms with Crippen LogP contribution in [0.3, 0.4) is 0 Å². The Bertz CT molecular complexity index is 1060. The van der Waals surface area contributed by atoms with Crippen molar-refractivity contribution >= 4 is 5.82 Å². The lowest BCUT2D eigenvalue weighted by Gasteiger charge is -2.28. The van der Waals surface area contributed by atoms with Crippen LogP contribution in [0.15, 0.2) is 18.2 Å². The van der Waals surface area contributed by atoms with Gasteiger partial charge in [-0.15, -0.1) is 10.2 Å². The third-order valence-corrected chi connectivity index (χ3v) is 7.91. The molecule has 2 aromatic rings. The summed E-state index contributed by atoms with van der Waals surface area (Å²) in [5.74, 6) is 1.07. The van der Waals surface area contributed by atoms with Crippen LogP contribution in [0.2, 0.25) is 0 Å². The van der Waals surface area contributed by atoms with Gasteiger partial charge in [0.1, 0.15) is 11.4 Å². The SMILES string of the molecule is Cc1cc(-c2cc(C(F)(F)F)c(NC3C[C@@H]4CN(CC5CCOCC5)C[C@H]4C3)nn2)c(C)cc1F. The summed E-state index contributed by atoms with van der Waals surface area (Å²) < 4.78 is 61.2. The van der Waals surface area contributed by atoms with Crippen molar-refractivity contribution in [2.24, 2.45) is 17.8 Å². The number of aromatic nitrogens is 2. The van der Waals surface area contributed by atoms with Crippen LogP contribution in [0.5, 0.6) is 0 Å². The molecule has 0 amide bonds. The second kappa shape index (κ2) is 9.65. The fourth-order valence-electron chi connectivity index (χ4n) is 6.05. The lowest BCUT2D eigenvalue weighted by atomic mass is 10.00. The molecule has 1 aromatic carbocycles. The summed E-state index contributed by atoms with van der Waals surface area (Å²) in [4.78, 5) is 2.53. The van der Waals surface area contributed by atoms with E-state index in [1.807, 2.05) is 0 Å². The number of benzene rings is 1. The molecule has 1 saturated carbocycles. The van der Waals surface area contributed by atoms with Crippen molar-refractivity contribution in [2.45, 2.75) is 51.7 Å². The van der Waals surface area contributed by atoms with Crippen molar-refractivity contribution in [1.82, 2.24) is 15.1 Å². The van der Waals surface area contributed by atoms with E-state index < -0.39 is 17.6 Å². The molecule has 2 atom stereocenters. The number of halogens is 4. The molecule has 0 radical (unpaired) electrons. The quantitative estimate of drug-likeness (QED) is 0.562. The van der Waals surface area contributed by atoms with Crippen LogP contribution < -0.4 is 5.32 Å². The van der Waals surface area contributed by atoms with Crippen molar-refractivity contribution in [3.8, 4) is 11.3 Å². The minimum absolute atomic E-state index is 0.0497. The first kappa shape index (κ1) is 24.4. The van der Waals surface area contributed by atoms with Gasteiger partial charge < -0.3 is 15.0 Å². The van der Waals surface area contributed by atoms with Gasteiger partial charge in [-0.25, -0.2) is 4.39 Å². The first-order valence-corrected chi connectivity index (χ1v) is 12.5. The average Bonchev–Trinajstić information content (AvgIpc) is 3.34. The highest BCUT2D eigenvalue weighted by Gasteiger charge is 2.43. The summed E-state index contributed by atoms with van der Waals surface area (Å²) in [5, 5.41) is 11.1. The zero-order chi connectivity index (χ0) is 24.7. The molecule has 9 heteroatoms. The Morgan fingerprint density at radius 2 is 1.69 bits per heavy atom. The third kappa shape index (κ3) is 5.31. The van der Waals surface area contributed by atoms with Crippen molar-refractivity contribution in [1.29, 1.82) is 0 Å². The zero-order valence-electron chi connectivity index (χ0n) is 20.2. The smallest absolute Gasteiger partial charge is 0.381 e. The lowest BCUT2D eigenvalue weighted by Crippen LogP contribution is -2.32. The van der Waals surface area contributed by atoms with Crippen molar-refractivity contribution in [3.05, 3.63) is 40.7 Å². The van der Waals surface area contributed by atoms with Crippen molar-refractivity contribution in [3.63, 3.8) is 0 Å². The van der Waals surface area contributed by atoms with Crippen LogP contribution in [0.1, 0.15) is 42.4 Å². The molecule has 2 saturated heterocycles. The summed E-state index contributed by atoms with van der Waals surface area (Å²) in [6, 6.07) is 3.81. The molecule has 5 nitrogen and oxygen atoms in total. The van der Waals surface area contributed by atoms with Gasteiger partial charge in [0.2, 0.25) is 0 Å². The van der Waals surface area contributed by atoms with E-state index in [0.29, 0.717) is 34.4 Å². The third-order valence-electron chi connectivity index (χ3n) is 7.91. The van der Waals surface area contributed by atoms with Crippen LogP contribution in [-0.2, 0) is 10.9 Å². The maximum atomic E-state index is 14.0. The fourth-order valence-corrected chi connectivity index (χ4v) is 6.05. The number of rotatable bonds is 5. The Hall–Kier alpha value is -2.26. The van der Waals surface area contributed by atoms with Crippen LogP contribution in [0, 0.1) is 37.4 Å². The number of nitrogens with one attached hydrogen (secondary N) is 1. The Kier molecular flexibility index (Phi) is 6.74. The molecule has 3 fully saturated rings. The maximum Gasteiger partial charge on any atom is 0.420 e. The van der Waals surface area contributed by atoms with E-state index in [2.05, 4.69) is 20.4 Å². The van der Waals surface area contributed by atoms with E-state index in [-0.39, 0.29) is 17.6 Å². The van der Waals surface area contributed by atoms with E-state index in [1.165, 1.54) is 12.1 Å². The normalized spacial score (nSPS) is 24.2. The van der Waals surface area contributed by atoms with Gasteiger partial charge in [0.15, 0.2) is 5.82 Å². The Labute approximate surface area is 203 Å². The molecule has 3 aliphatic rings. The number of hydrogen-bond acceptors (Lipinski definition) is 5. The minimum atomic E-state index is -4.58. The van der Waals surface area contributed by atoms with E-state index in [0.717, 1.165) is 64.6 Å². The van der Waals surface area contributed by atoms with Gasteiger partial charge in [0.25, 0.3) is 0 Å². The highest BCUT2D eigenvalue weighted by molar-refractivity contribution is 5.66. The maximum absolute atomic E-state index is 14.0. The minimum Gasteiger partial charge on any atom is -0.381 e. The van der Waals surface area contributed by atoms with Crippen molar-refractivity contribution < 1.29 is 22.3 Å². The predicted molar refractivity (Wildman–Crippen MR) is 126 cm³/mol. The monoisotopic (exact) mass is 492 g/mol. The lowest BCUT2D eigenvalue weighted by molar-refractivity contribution is -0.137. The number of ether oxygens (including phenoxy) is 1. The number of fused-ring (bicyclic) bond motifs is 1.